The minimum Gasteiger partial charge on any atom is -0.348 e. The molecule has 1 fully saturated rings. The molecule has 0 saturated heterocycles. The molecule has 1 aliphatic carbocycles. The van der Waals surface area contributed by atoms with Gasteiger partial charge in [0.2, 0.25) is 0 Å². The molecule has 0 unspecified atom stereocenters. The van der Waals surface area contributed by atoms with E-state index >= 15 is 0 Å². The molecule has 1 rings (SSSR count). The second-order valence-electron chi connectivity index (χ2n) is 5.22. The molecular formula is C13H25N3O2. The Morgan fingerprint density at radius 3 is 2.17 bits per heavy atom. The number of nitrogens with one attached hydrogen (secondary N) is 2. The fraction of sp³-hybridized carbons (Fsp3) is 0.846. The van der Waals surface area contributed by atoms with E-state index in [0.717, 1.165) is 12.3 Å². The quantitative estimate of drug-likeness (QED) is 0.621. The first-order valence-electron chi connectivity index (χ1n) is 6.89. The largest absolute Gasteiger partial charge is 0.348 e. The molecule has 2 amide bonds. The van der Waals surface area contributed by atoms with E-state index in [2.05, 4.69) is 17.6 Å². The maximum absolute atomic E-state index is 11.4. The molecule has 1 saturated carbocycles. The molecule has 0 heterocycles. The maximum atomic E-state index is 11.4. The van der Waals surface area contributed by atoms with Gasteiger partial charge in [0.05, 0.1) is 0 Å². The predicted octanol–water partition coefficient (Wildman–Crippen LogP) is 0.394. The van der Waals surface area contributed by atoms with Gasteiger partial charge in [-0.05, 0) is 18.3 Å². The summed E-state index contributed by atoms with van der Waals surface area (Å²) in [5, 5.41) is 5.11. The van der Waals surface area contributed by atoms with Gasteiger partial charge in [0.15, 0.2) is 0 Å². The first-order valence-corrected chi connectivity index (χ1v) is 6.89. The van der Waals surface area contributed by atoms with Crippen LogP contribution in [-0.4, -0.2) is 31.4 Å². The zero-order valence-corrected chi connectivity index (χ0v) is 11.2. The first-order chi connectivity index (χ1) is 8.63. The summed E-state index contributed by atoms with van der Waals surface area (Å²) in [4.78, 5) is 22.6. The minimum atomic E-state index is -0.585. The van der Waals surface area contributed by atoms with E-state index in [1.54, 1.807) is 0 Å². The SMILES string of the molecule is CC1CCC(CCNC(=O)C(=O)NCCN)CC1. The van der Waals surface area contributed by atoms with E-state index in [9.17, 15) is 9.59 Å². The molecular weight excluding hydrogens is 230 g/mol. The van der Waals surface area contributed by atoms with E-state index in [4.69, 9.17) is 5.73 Å². The van der Waals surface area contributed by atoms with Crippen LogP contribution in [0.1, 0.15) is 39.0 Å². The van der Waals surface area contributed by atoms with Gasteiger partial charge in [-0.25, -0.2) is 0 Å². The zero-order valence-electron chi connectivity index (χ0n) is 11.2. The molecule has 0 radical (unpaired) electrons. The average Bonchev–Trinajstić information content (AvgIpc) is 2.38. The second kappa shape index (κ2) is 8.08. The maximum Gasteiger partial charge on any atom is 0.309 e. The highest BCUT2D eigenvalue weighted by Crippen LogP contribution is 2.29. The fourth-order valence-corrected chi connectivity index (χ4v) is 2.35. The van der Waals surface area contributed by atoms with Crippen molar-refractivity contribution in [3.8, 4) is 0 Å². The summed E-state index contributed by atoms with van der Waals surface area (Å²) in [5.74, 6) is 0.414. The lowest BCUT2D eigenvalue weighted by atomic mass is 9.81. The number of rotatable bonds is 5. The summed E-state index contributed by atoms with van der Waals surface area (Å²) in [5.41, 5.74) is 5.24. The molecule has 0 aromatic heterocycles. The molecule has 0 bridgehead atoms. The highest BCUT2D eigenvalue weighted by Gasteiger charge is 2.18. The van der Waals surface area contributed by atoms with Crippen LogP contribution in [0, 0.1) is 11.8 Å². The first kappa shape index (κ1) is 15.0. The molecule has 0 aliphatic heterocycles. The highest BCUT2D eigenvalue weighted by molar-refractivity contribution is 6.35. The lowest BCUT2D eigenvalue weighted by molar-refractivity contribution is -0.139. The third kappa shape index (κ3) is 5.49. The summed E-state index contributed by atoms with van der Waals surface area (Å²) >= 11 is 0. The Hall–Kier alpha value is -1.10. The lowest BCUT2D eigenvalue weighted by Gasteiger charge is -2.26. The third-order valence-corrected chi connectivity index (χ3v) is 3.61. The van der Waals surface area contributed by atoms with Crippen LogP contribution in [0.5, 0.6) is 0 Å². The van der Waals surface area contributed by atoms with Crippen molar-refractivity contribution in [1.29, 1.82) is 0 Å². The number of carbonyl (C=O) groups is 2. The van der Waals surface area contributed by atoms with Gasteiger partial charge < -0.3 is 16.4 Å². The molecule has 5 nitrogen and oxygen atoms in total. The molecule has 18 heavy (non-hydrogen) atoms. The van der Waals surface area contributed by atoms with Gasteiger partial charge in [-0.15, -0.1) is 0 Å². The summed E-state index contributed by atoms with van der Waals surface area (Å²) in [6.07, 6.45) is 6.04. The van der Waals surface area contributed by atoms with E-state index in [1.807, 2.05) is 0 Å². The molecule has 0 aromatic carbocycles. The van der Waals surface area contributed by atoms with Crippen LogP contribution in [0.4, 0.5) is 0 Å². The van der Waals surface area contributed by atoms with Crippen molar-refractivity contribution >= 4 is 11.8 Å². The molecule has 5 heteroatoms. The van der Waals surface area contributed by atoms with Crippen LogP contribution in [0.25, 0.3) is 0 Å². The molecule has 0 spiro atoms. The van der Waals surface area contributed by atoms with E-state index in [0.29, 0.717) is 25.6 Å². The van der Waals surface area contributed by atoms with Crippen molar-refractivity contribution in [3.05, 3.63) is 0 Å². The van der Waals surface area contributed by atoms with E-state index in [1.165, 1.54) is 25.7 Å². The summed E-state index contributed by atoms with van der Waals surface area (Å²) in [6.45, 7) is 3.57. The molecule has 0 aromatic rings. The smallest absolute Gasteiger partial charge is 0.309 e. The van der Waals surface area contributed by atoms with Crippen molar-refractivity contribution in [2.24, 2.45) is 17.6 Å². The summed E-state index contributed by atoms with van der Waals surface area (Å²) in [6, 6.07) is 0. The number of nitrogens with two attached hydrogens (primary N) is 1. The summed E-state index contributed by atoms with van der Waals surface area (Å²) < 4.78 is 0. The standard InChI is InChI=1S/C13H25N3O2/c1-10-2-4-11(5-3-10)6-8-15-12(17)13(18)16-9-7-14/h10-11H,2-9,14H2,1H3,(H,15,17)(H,16,18). The van der Waals surface area contributed by atoms with Crippen LogP contribution in [-0.2, 0) is 9.59 Å². The molecule has 4 N–H and O–H groups in total. The van der Waals surface area contributed by atoms with Gasteiger partial charge in [0.25, 0.3) is 0 Å². The van der Waals surface area contributed by atoms with Crippen LogP contribution < -0.4 is 16.4 Å². The van der Waals surface area contributed by atoms with Gasteiger partial charge in [0, 0.05) is 19.6 Å². The van der Waals surface area contributed by atoms with Crippen molar-refractivity contribution in [2.75, 3.05) is 19.6 Å². The van der Waals surface area contributed by atoms with Crippen LogP contribution >= 0.6 is 0 Å². The van der Waals surface area contributed by atoms with Crippen molar-refractivity contribution in [3.63, 3.8) is 0 Å². The van der Waals surface area contributed by atoms with E-state index < -0.39 is 11.8 Å². The highest BCUT2D eigenvalue weighted by atomic mass is 16.2. The second-order valence-corrected chi connectivity index (χ2v) is 5.22. The van der Waals surface area contributed by atoms with Crippen molar-refractivity contribution < 1.29 is 9.59 Å². The van der Waals surface area contributed by atoms with E-state index in [-0.39, 0.29) is 0 Å². The van der Waals surface area contributed by atoms with Gasteiger partial charge in [-0.3, -0.25) is 9.59 Å². The predicted molar refractivity (Wildman–Crippen MR) is 70.8 cm³/mol. The van der Waals surface area contributed by atoms with Crippen LogP contribution in [0.2, 0.25) is 0 Å². The molecule has 104 valence electrons. The Labute approximate surface area is 109 Å². The number of amides is 2. The lowest BCUT2D eigenvalue weighted by Crippen LogP contribution is -2.42. The molecule has 1 aliphatic rings. The van der Waals surface area contributed by atoms with Gasteiger partial charge in [0.1, 0.15) is 0 Å². The molecule has 0 atom stereocenters. The Balaban J connectivity index is 2.10. The number of hydrogen-bond donors (Lipinski definition) is 3. The average molecular weight is 255 g/mol. The zero-order chi connectivity index (χ0) is 13.4. The van der Waals surface area contributed by atoms with Crippen LogP contribution in [0.3, 0.4) is 0 Å². The Bertz CT molecular complexity index is 273. The van der Waals surface area contributed by atoms with Gasteiger partial charge >= 0.3 is 11.8 Å². The monoisotopic (exact) mass is 255 g/mol. The van der Waals surface area contributed by atoms with Crippen LogP contribution in [0.15, 0.2) is 0 Å². The Morgan fingerprint density at radius 2 is 1.61 bits per heavy atom. The fourth-order valence-electron chi connectivity index (χ4n) is 2.35. The number of hydrogen-bond acceptors (Lipinski definition) is 3. The Kier molecular flexibility index (Phi) is 6.72. The summed E-state index contributed by atoms with van der Waals surface area (Å²) in [7, 11) is 0. The van der Waals surface area contributed by atoms with Gasteiger partial charge in [-0.2, -0.15) is 0 Å². The van der Waals surface area contributed by atoms with Crippen molar-refractivity contribution in [2.45, 2.75) is 39.0 Å². The van der Waals surface area contributed by atoms with Crippen molar-refractivity contribution in [1.82, 2.24) is 10.6 Å². The Morgan fingerprint density at radius 1 is 1.06 bits per heavy atom. The van der Waals surface area contributed by atoms with Gasteiger partial charge in [-0.1, -0.05) is 32.6 Å². The topological polar surface area (TPSA) is 84.2 Å². The number of carbonyl (C=O) groups excluding carboxylic acids is 2. The normalized spacial score (nSPS) is 23.4. The third-order valence-electron chi connectivity index (χ3n) is 3.61. The minimum absolute atomic E-state index is 0.340.